The third kappa shape index (κ3) is 15.2. The summed E-state index contributed by atoms with van der Waals surface area (Å²) in [5, 5.41) is 10.4. The van der Waals surface area contributed by atoms with E-state index < -0.39 is 5.72 Å². The van der Waals surface area contributed by atoms with Crippen molar-refractivity contribution in [1.29, 1.82) is 0 Å². The van der Waals surface area contributed by atoms with Crippen LogP contribution in [-0.4, -0.2) is 66.5 Å². The molecule has 21 heteroatoms. The standard InChI is InChI=1S/C23H33NO.C20H27NO.C18H24N2O2.C18H24N2OS.C18H21NOS.2C16H18N2O/c1-12-13(2)17-19-18(14(12)3)21(6,7)22(8,9)23(10,11)24(19)16(5)15(4)20(17)25;1-10-11(2)15-17-16(12(10)3)19(6,7)20(8,9)21(17)14(5)13(4)18(15)22;2*1-9-10(2)14-15-17(11(9)3)22-18(6,7)19(8)20(15)13(5)12(4)16(14)21;1-8-9(2)15-16-18(10(8)3)21-14(7)13(6)19(16)12(5)11(4)17(15)20;1-7-10(4)17-14-8(2)11(5)18-12(6)9(3)16(19)13(7)15(14)18;1-7-8(2)13-15-14(9(7)3)17-12(6)18(15)11(5)10(4)16(13)19/h1-11H3;1-9H3;2*1-8H3;1-7H3;2*1-6H3. The van der Waals surface area contributed by atoms with Crippen molar-refractivity contribution in [1.82, 2.24) is 41.8 Å². The van der Waals surface area contributed by atoms with Gasteiger partial charge in [-0.15, -0.1) is 0 Å². The topological polar surface area (TPSA) is 194 Å². The van der Waals surface area contributed by atoms with Crippen LogP contribution in [0.4, 0.5) is 0 Å². The van der Waals surface area contributed by atoms with Crippen LogP contribution in [0.3, 0.4) is 0 Å². The number of ether oxygens (including phenoxy) is 1. The summed E-state index contributed by atoms with van der Waals surface area (Å²) < 4.78 is 22.2. The van der Waals surface area contributed by atoms with Gasteiger partial charge in [0, 0.05) is 152 Å². The second kappa shape index (κ2) is 36.7. The first-order valence-electron chi connectivity index (χ1n) is 53.3. The van der Waals surface area contributed by atoms with Gasteiger partial charge in [-0.25, -0.2) is 4.98 Å². The number of aromatic nitrogens is 9. The van der Waals surface area contributed by atoms with Gasteiger partial charge in [0.15, 0.2) is 49.5 Å². The predicted molar refractivity (Wildman–Crippen MR) is 638 cm³/mol. The van der Waals surface area contributed by atoms with Gasteiger partial charge >= 0.3 is 0 Å². The van der Waals surface area contributed by atoms with E-state index in [1.54, 1.807) is 11.8 Å². The minimum Gasteiger partial charge on any atom is -0.465 e. The maximum Gasteiger partial charge on any atom is 0.193 e. The first kappa shape index (κ1) is 112. The average Bonchev–Trinajstić information content (AvgIpc) is 1.10. The quantitative estimate of drug-likeness (QED) is 0.139. The Morgan fingerprint density at radius 2 is 0.580 bits per heavy atom. The van der Waals surface area contributed by atoms with E-state index in [1.165, 1.54) is 109 Å². The molecule has 0 amide bonds. The minimum absolute atomic E-state index is 0.00815. The Hall–Kier alpha value is -11.8. The van der Waals surface area contributed by atoms with Gasteiger partial charge < -0.3 is 22.8 Å². The average molecular weight is 2060 g/mol. The van der Waals surface area contributed by atoms with Gasteiger partial charge in [-0.2, -0.15) is 0 Å². The lowest BCUT2D eigenvalue weighted by Gasteiger charge is -2.58. The Balaban J connectivity index is 0.000000131. The lowest BCUT2D eigenvalue weighted by molar-refractivity contribution is 0.0300. The predicted octanol–water partition coefficient (Wildman–Crippen LogP) is 28.5. The number of allylic oxidation sites excluding steroid dienone is 2. The molecule has 0 bridgehead atoms. The van der Waals surface area contributed by atoms with E-state index in [0.717, 1.165) is 222 Å². The van der Waals surface area contributed by atoms with Crippen molar-refractivity contribution >= 4 is 117 Å². The molecule has 6 aromatic carbocycles. The number of imidazole rings is 1. The summed E-state index contributed by atoms with van der Waals surface area (Å²) in [4.78, 5) is 103. The molecule has 0 unspecified atom stereocenters. The van der Waals surface area contributed by atoms with Gasteiger partial charge in [0.25, 0.3) is 0 Å². The van der Waals surface area contributed by atoms with Crippen LogP contribution in [0.15, 0.2) is 48.3 Å². The van der Waals surface area contributed by atoms with Gasteiger partial charge in [0.2, 0.25) is 0 Å². The van der Waals surface area contributed by atoms with Crippen molar-refractivity contribution in [3.8, 4) is 5.75 Å². The van der Waals surface area contributed by atoms with Crippen LogP contribution in [0.5, 0.6) is 5.75 Å². The molecule has 5 aliphatic heterocycles. The molecule has 0 saturated heterocycles. The first-order chi connectivity index (χ1) is 68.8. The molecule has 150 heavy (non-hydrogen) atoms. The fourth-order valence-electron chi connectivity index (χ4n) is 25.4. The molecule has 19 nitrogen and oxygen atoms in total. The molecule has 5 aliphatic rings. The van der Waals surface area contributed by atoms with Gasteiger partial charge in [0.1, 0.15) is 11.3 Å². The number of nitrogens with zero attached hydrogens (tertiary/aromatic N) is 11. The second-order valence-corrected chi connectivity index (χ2v) is 51.2. The van der Waals surface area contributed by atoms with Crippen LogP contribution in [0.1, 0.15) is 329 Å². The first-order valence-corrected chi connectivity index (χ1v) is 54.9. The van der Waals surface area contributed by atoms with Crippen molar-refractivity contribution in [2.24, 2.45) is 5.41 Å². The van der Waals surface area contributed by atoms with E-state index in [-0.39, 0.29) is 70.2 Å². The zero-order valence-corrected chi connectivity index (χ0v) is 103. The lowest BCUT2D eigenvalue weighted by atomic mass is 9.52. The van der Waals surface area contributed by atoms with Crippen molar-refractivity contribution in [3.63, 3.8) is 0 Å². The van der Waals surface area contributed by atoms with Crippen molar-refractivity contribution in [3.05, 3.63) is 295 Å². The Labute approximate surface area is 896 Å². The summed E-state index contributed by atoms with van der Waals surface area (Å²) >= 11 is 3.66. The highest BCUT2D eigenvalue weighted by Gasteiger charge is 2.56. The molecule has 0 N–H and O–H groups in total. The summed E-state index contributed by atoms with van der Waals surface area (Å²) in [5.41, 5.74) is 52.9. The monoisotopic (exact) mass is 2060 g/mol. The summed E-state index contributed by atoms with van der Waals surface area (Å²) in [6.45, 7) is 112. The SMILES string of the molecule is CC1=C(C)n2c(C)c(C)c(=O)c3c(C)c(C)c(C)c(c32)S1.Cc1c(C)c2c3c(c1C)c(=O)c(C)c(C)n3C(C)(C)C(C)(C)C2(C)C.Cc1c(C)c2c3c(c1C)c(=O)c(C)c(C)n3C(C)(C)C2(C)C.Cc1c(C)c2c3c(c1C)c(=O)c(C)c(C)n3N(C)C(C)(C)O2.Cc1c(C)c2c3c(c1C)c(=O)c(C)c(C)n3N(C)C(C)(C)S2.Cc1c(C)c2nc(C)n3c(C)c(C)c(=O)c(c1C)c23.Cc1nc2c(C)c(C)n3c(C)c(C)c(=O)c(c1C)c23. The van der Waals surface area contributed by atoms with Crippen LogP contribution in [0.25, 0.3) is 93.1 Å². The molecular formula is C129H165N11O8S2. The molecule has 0 aliphatic carbocycles. The molecule has 0 fully saturated rings. The molecule has 0 saturated carbocycles. The zero-order valence-electron chi connectivity index (χ0n) is 101. The highest BCUT2D eigenvalue weighted by molar-refractivity contribution is 8.03. The van der Waals surface area contributed by atoms with Crippen LogP contribution >= 0.6 is 23.5 Å². The van der Waals surface area contributed by atoms with E-state index >= 15 is 0 Å². The van der Waals surface area contributed by atoms with Gasteiger partial charge in [-0.05, 0) is 459 Å². The summed E-state index contributed by atoms with van der Waals surface area (Å²) in [6.07, 6.45) is 0. The van der Waals surface area contributed by atoms with E-state index in [0.29, 0.717) is 0 Å². The Morgan fingerprint density at radius 1 is 0.260 bits per heavy atom. The van der Waals surface area contributed by atoms with Crippen LogP contribution < -0.4 is 52.8 Å². The highest BCUT2D eigenvalue weighted by atomic mass is 32.2. The number of rotatable bonds is 0. The van der Waals surface area contributed by atoms with Crippen molar-refractivity contribution < 1.29 is 4.74 Å². The van der Waals surface area contributed by atoms with Gasteiger partial charge in [-0.1, -0.05) is 65.1 Å². The molecule has 15 heterocycles. The number of benzene rings is 6. The number of aryl methyl sites for hydroxylation is 14. The summed E-state index contributed by atoms with van der Waals surface area (Å²) in [7, 11) is 4.11. The summed E-state index contributed by atoms with van der Waals surface area (Å²) in [6, 6.07) is 0. The number of hydrogen-bond acceptors (Lipinski definition) is 14. The fraction of sp³-hybridized carbons (Fsp3) is 0.481. The zero-order chi connectivity index (χ0) is 113. The number of thioether (sulfide) groups is 2. The van der Waals surface area contributed by atoms with E-state index in [9.17, 15) is 33.6 Å². The minimum atomic E-state index is -0.474. The van der Waals surface area contributed by atoms with Gasteiger partial charge in [-0.3, -0.25) is 62.3 Å². The highest BCUT2D eigenvalue weighted by Crippen LogP contribution is 2.60. The molecule has 0 spiro atoms. The maximum atomic E-state index is 13.2. The van der Waals surface area contributed by atoms with E-state index in [1.807, 2.05) is 143 Å². The molecule has 0 atom stereocenters. The van der Waals surface area contributed by atoms with Crippen molar-refractivity contribution in [2.45, 2.75) is 409 Å². The van der Waals surface area contributed by atoms with Crippen LogP contribution in [-0.2, 0) is 21.9 Å². The van der Waals surface area contributed by atoms with Crippen molar-refractivity contribution in [2.75, 3.05) is 24.1 Å². The van der Waals surface area contributed by atoms with Crippen LogP contribution in [0, 0.1) is 262 Å². The molecule has 21 rings (SSSR count). The Morgan fingerprint density at radius 3 is 1.03 bits per heavy atom. The molecular weight excluding hydrogens is 1900 g/mol. The Bertz CT molecular complexity index is 9080. The third-order valence-corrected chi connectivity index (χ3v) is 42.7. The smallest absolute Gasteiger partial charge is 0.193 e. The fourth-order valence-corrected chi connectivity index (χ4v) is 27.9. The second-order valence-electron chi connectivity index (χ2n) is 48.4. The molecule has 0 radical (unpaired) electrons. The number of hydrogen-bond donors (Lipinski definition) is 0. The van der Waals surface area contributed by atoms with Crippen LogP contribution in [0.2, 0.25) is 0 Å². The third-order valence-electron chi connectivity index (χ3n) is 40.0. The molecule has 16 aromatic rings. The normalized spacial score (nSPS) is 15.8. The van der Waals surface area contributed by atoms with E-state index in [2.05, 4.69) is 296 Å². The molecule has 10 aromatic heterocycles. The Kier molecular flexibility index (Phi) is 27.5. The lowest BCUT2D eigenvalue weighted by Crippen LogP contribution is -2.57. The molecule has 796 valence electrons. The maximum absolute atomic E-state index is 13.2. The van der Waals surface area contributed by atoms with Gasteiger partial charge in [0.05, 0.1) is 75.9 Å². The largest absolute Gasteiger partial charge is 0.465 e. The van der Waals surface area contributed by atoms with E-state index in [4.69, 9.17) is 9.72 Å². The summed E-state index contributed by atoms with van der Waals surface area (Å²) in [5.74, 6) is 1.79. The number of pyridine rings is 8.